The van der Waals surface area contributed by atoms with E-state index in [1.807, 2.05) is 6.07 Å². The van der Waals surface area contributed by atoms with Gasteiger partial charge in [-0.05, 0) is 25.2 Å². The Hall–Kier alpha value is -1.14. The van der Waals surface area contributed by atoms with Crippen LogP contribution in [0.2, 0.25) is 0 Å². The van der Waals surface area contributed by atoms with Crippen LogP contribution in [0.5, 0.6) is 0 Å². The van der Waals surface area contributed by atoms with Gasteiger partial charge in [0.15, 0.2) is 4.46 Å². The van der Waals surface area contributed by atoms with E-state index < -0.39 is 4.46 Å². The van der Waals surface area contributed by atoms with Crippen molar-refractivity contribution in [2.24, 2.45) is 0 Å². The van der Waals surface area contributed by atoms with Gasteiger partial charge in [0.1, 0.15) is 0 Å². The molecule has 4 nitrogen and oxygen atoms in total. The highest BCUT2D eigenvalue weighted by atomic mass is 35.5. The third-order valence-electron chi connectivity index (χ3n) is 6.57. The van der Waals surface area contributed by atoms with Crippen molar-refractivity contribution in [2.75, 3.05) is 59.9 Å². The van der Waals surface area contributed by atoms with E-state index in [1.54, 1.807) is 0 Å². The SMILES string of the molecule is CN1CCN2CCN(CCN(C)C(c3ccccc3)C2(Cl)Cl)C(c2ccccc2)C1. The first-order valence-electron chi connectivity index (χ1n) is 10.8. The van der Waals surface area contributed by atoms with Crippen LogP contribution in [0.15, 0.2) is 60.7 Å². The highest BCUT2D eigenvalue weighted by Crippen LogP contribution is 2.43. The minimum atomic E-state index is -1.00. The zero-order valence-corrected chi connectivity index (χ0v) is 19.4. The molecular weight excluding hydrogens is 415 g/mol. The largest absolute Gasteiger partial charge is 0.303 e. The van der Waals surface area contributed by atoms with Crippen LogP contribution < -0.4 is 0 Å². The number of alkyl halides is 2. The van der Waals surface area contributed by atoms with Crippen molar-refractivity contribution in [3.05, 3.63) is 71.8 Å². The predicted octanol–water partition coefficient (Wildman–Crippen LogP) is 4.10. The van der Waals surface area contributed by atoms with Crippen LogP contribution in [0, 0.1) is 0 Å². The van der Waals surface area contributed by atoms with Crippen molar-refractivity contribution in [2.45, 2.75) is 16.5 Å². The van der Waals surface area contributed by atoms with E-state index in [2.05, 4.69) is 88.3 Å². The van der Waals surface area contributed by atoms with E-state index in [-0.39, 0.29) is 6.04 Å². The van der Waals surface area contributed by atoms with Crippen LogP contribution in [0.4, 0.5) is 0 Å². The standard InChI is InChI=1S/C24H32Cl2N4/c1-27-13-17-30-18-16-29(22(19-27)20-9-5-3-6-10-20)15-14-28(2)23(24(30,25)26)21-11-7-4-8-12-21/h3-12,22-23H,13-19H2,1-2H3. The Morgan fingerprint density at radius 2 is 1.30 bits per heavy atom. The molecule has 0 aliphatic carbocycles. The Kier molecular flexibility index (Phi) is 7.03. The molecule has 2 heterocycles. The molecule has 2 aliphatic heterocycles. The van der Waals surface area contributed by atoms with Crippen LogP contribution in [-0.2, 0) is 0 Å². The highest BCUT2D eigenvalue weighted by molar-refractivity contribution is 6.48. The van der Waals surface area contributed by atoms with Crippen LogP contribution >= 0.6 is 23.2 Å². The lowest BCUT2D eigenvalue weighted by atomic mass is 10.0. The molecule has 0 spiro atoms. The summed E-state index contributed by atoms with van der Waals surface area (Å²) >= 11 is 14.4. The Labute approximate surface area is 191 Å². The lowest BCUT2D eigenvalue weighted by Gasteiger charge is -2.43. The summed E-state index contributed by atoms with van der Waals surface area (Å²) in [5.74, 6) is 0. The lowest BCUT2D eigenvalue weighted by Crippen LogP contribution is -2.52. The molecule has 162 valence electrons. The van der Waals surface area contributed by atoms with Gasteiger partial charge in [0, 0.05) is 51.9 Å². The highest BCUT2D eigenvalue weighted by Gasteiger charge is 2.45. The monoisotopic (exact) mass is 446 g/mol. The number of hydrogen-bond donors (Lipinski definition) is 0. The van der Waals surface area contributed by atoms with Gasteiger partial charge in [-0.25, -0.2) is 0 Å². The Balaban J connectivity index is 1.71. The zero-order valence-electron chi connectivity index (χ0n) is 17.9. The first-order valence-corrected chi connectivity index (χ1v) is 11.6. The number of benzene rings is 2. The Morgan fingerprint density at radius 1 is 0.733 bits per heavy atom. The van der Waals surface area contributed by atoms with Gasteiger partial charge in [0.05, 0.1) is 6.04 Å². The summed E-state index contributed by atoms with van der Waals surface area (Å²) in [4.78, 5) is 9.62. The van der Waals surface area contributed by atoms with Gasteiger partial charge < -0.3 is 4.90 Å². The van der Waals surface area contributed by atoms with Crippen LogP contribution in [0.25, 0.3) is 0 Å². The van der Waals surface area contributed by atoms with Crippen LogP contribution in [0.1, 0.15) is 23.2 Å². The molecule has 2 fully saturated rings. The number of halogens is 2. The summed E-state index contributed by atoms with van der Waals surface area (Å²) in [6.07, 6.45) is 0. The molecule has 4 atom stereocenters. The van der Waals surface area contributed by atoms with Gasteiger partial charge in [0.25, 0.3) is 0 Å². The minimum absolute atomic E-state index is 0.0955. The smallest absolute Gasteiger partial charge is 0.191 e. The molecule has 6 heteroatoms. The van der Waals surface area contributed by atoms with E-state index >= 15 is 0 Å². The van der Waals surface area contributed by atoms with E-state index in [1.165, 1.54) is 5.56 Å². The van der Waals surface area contributed by atoms with Gasteiger partial charge in [-0.3, -0.25) is 14.7 Å². The summed E-state index contributed by atoms with van der Waals surface area (Å²) in [5.41, 5.74) is 2.54. The fraction of sp³-hybridized carbons (Fsp3) is 0.500. The van der Waals surface area contributed by atoms with Crippen molar-refractivity contribution in [1.29, 1.82) is 0 Å². The molecule has 0 amide bonds. The van der Waals surface area contributed by atoms with Gasteiger partial charge in [0.2, 0.25) is 0 Å². The van der Waals surface area contributed by atoms with E-state index in [0.717, 1.165) is 51.4 Å². The molecule has 0 aromatic heterocycles. The van der Waals surface area contributed by atoms with E-state index in [4.69, 9.17) is 23.2 Å². The second kappa shape index (κ2) is 9.56. The molecule has 2 aliphatic rings. The van der Waals surface area contributed by atoms with E-state index in [0.29, 0.717) is 6.04 Å². The molecule has 2 aromatic rings. The number of fused-ring (bicyclic) bond motifs is 3. The topological polar surface area (TPSA) is 13.0 Å². The normalized spacial score (nSPS) is 31.1. The zero-order chi connectivity index (χ0) is 21.1. The quantitative estimate of drug-likeness (QED) is 0.508. The van der Waals surface area contributed by atoms with Crippen LogP contribution in [-0.4, -0.2) is 84.0 Å². The summed E-state index contributed by atoms with van der Waals surface area (Å²) in [6.45, 7) is 6.46. The summed E-state index contributed by atoms with van der Waals surface area (Å²) < 4.78 is -1.00. The average Bonchev–Trinajstić information content (AvgIpc) is 2.85. The van der Waals surface area contributed by atoms with Crippen molar-refractivity contribution >= 4 is 23.2 Å². The third kappa shape index (κ3) is 4.69. The van der Waals surface area contributed by atoms with E-state index in [9.17, 15) is 0 Å². The van der Waals surface area contributed by atoms with Crippen molar-refractivity contribution in [3.63, 3.8) is 0 Å². The van der Waals surface area contributed by atoms with Gasteiger partial charge >= 0.3 is 0 Å². The molecule has 2 bridgehead atoms. The minimum Gasteiger partial charge on any atom is -0.303 e. The number of hydrogen-bond acceptors (Lipinski definition) is 4. The maximum atomic E-state index is 7.20. The summed E-state index contributed by atoms with van der Waals surface area (Å²) in [7, 11) is 4.35. The van der Waals surface area contributed by atoms with Crippen molar-refractivity contribution in [1.82, 2.24) is 19.6 Å². The van der Waals surface area contributed by atoms with Gasteiger partial charge in [-0.2, -0.15) is 0 Å². The molecule has 4 rings (SSSR count). The average molecular weight is 447 g/mol. The van der Waals surface area contributed by atoms with Crippen LogP contribution in [0.3, 0.4) is 0 Å². The third-order valence-corrected chi connectivity index (χ3v) is 7.46. The van der Waals surface area contributed by atoms with Gasteiger partial charge in [-0.1, -0.05) is 83.9 Å². The fourth-order valence-electron chi connectivity index (χ4n) is 4.81. The lowest BCUT2D eigenvalue weighted by molar-refractivity contribution is 0.110. The molecule has 0 saturated carbocycles. The molecule has 30 heavy (non-hydrogen) atoms. The molecule has 0 N–H and O–H groups in total. The molecule has 4 unspecified atom stereocenters. The number of nitrogens with zero attached hydrogens (tertiary/aromatic N) is 4. The molecule has 2 saturated heterocycles. The summed E-state index contributed by atoms with van der Waals surface area (Å²) in [6, 6.07) is 21.6. The van der Waals surface area contributed by atoms with Crippen molar-refractivity contribution in [3.8, 4) is 0 Å². The van der Waals surface area contributed by atoms with Gasteiger partial charge in [-0.15, -0.1) is 0 Å². The molecule has 2 aromatic carbocycles. The fourth-order valence-corrected chi connectivity index (χ4v) is 5.73. The molecular formula is C24H32Cl2N4. The first-order chi connectivity index (χ1) is 14.5. The Bertz CT molecular complexity index is 801. The summed E-state index contributed by atoms with van der Waals surface area (Å²) in [5, 5.41) is 0. The first kappa shape index (κ1) is 22.1. The predicted molar refractivity (Wildman–Crippen MR) is 126 cm³/mol. The number of likely N-dealkylation sites (N-methyl/N-ethyl adjacent to an activating group) is 2. The maximum Gasteiger partial charge on any atom is 0.191 e. The Morgan fingerprint density at radius 3 is 1.97 bits per heavy atom. The number of rotatable bonds is 2. The second-order valence-electron chi connectivity index (χ2n) is 8.59. The molecule has 0 radical (unpaired) electrons. The van der Waals surface area contributed by atoms with Crippen molar-refractivity contribution < 1.29 is 0 Å². The maximum absolute atomic E-state index is 7.20. The second-order valence-corrected chi connectivity index (χ2v) is 9.94.